The molecular formula is C20H26IN3O2. The fourth-order valence-electron chi connectivity index (χ4n) is 3.45. The molecule has 26 heavy (non-hydrogen) atoms. The molecule has 0 saturated carbocycles. The number of benzene rings is 2. The van der Waals surface area contributed by atoms with Crippen molar-refractivity contribution >= 4 is 46.7 Å². The standard InChI is InChI=1S/C20H25N3O2.HI/c1-21-20(23-12-10-16(11-13-23)19(24)25-2)22-14-17-8-5-7-15-6-3-4-9-18(15)17;/h3-9,16H,10-14H2,1-2H3,(H,21,22);1H. The van der Waals surface area contributed by atoms with Gasteiger partial charge in [0, 0.05) is 26.7 Å². The zero-order valence-corrected chi connectivity index (χ0v) is 17.6. The van der Waals surface area contributed by atoms with E-state index in [1.54, 1.807) is 7.05 Å². The fourth-order valence-corrected chi connectivity index (χ4v) is 3.45. The molecule has 0 unspecified atom stereocenters. The lowest BCUT2D eigenvalue weighted by molar-refractivity contribution is -0.146. The molecule has 0 radical (unpaired) electrons. The van der Waals surface area contributed by atoms with E-state index in [1.165, 1.54) is 23.4 Å². The Bertz CT molecular complexity index is 765. The molecule has 2 aromatic rings. The van der Waals surface area contributed by atoms with E-state index in [0.717, 1.165) is 38.4 Å². The maximum Gasteiger partial charge on any atom is 0.308 e. The number of carbonyl (C=O) groups is 1. The van der Waals surface area contributed by atoms with Crippen molar-refractivity contribution in [3.8, 4) is 0 Å². The summed E-state index contributed by atoms with van der Waals surface area (Å²) in [7, 11) is 3.26. The summed E-state index contributed by atoms with van der Waals surface area (Å²) in [6, 6.07) is 14.8. The van der Waals surface area contributed by atoms with Gasteiger partial charge in [-0.25, -0.2) is 0 Å². The summed E-state index contributed by atoms with van der Waals surface area (Å²) in [6.45, 7) is 2.36. The third kappa shape index (κ3) is 4.66. The first kappa shape index (κ1) is 20.5. The van der Waals surface area contributed by atoms with Crippen molar-refractivity contribution in [2.45, 2.75) is 19.4 Å². The smallest absolute Gasteiger partial charge is 0.308 e. The Labute approximate surface area is 171 Å². The van der Waals surface area contributed by atoms with E-state index in [1.807, 2.05) is 0 Å². The first-order valence-corrected chi connectivity index (χ1v) is 8.73. The lowest BCUT2D eigenvalue weighted by Gasteiger charge is -2.33. The van der Waals surface area contributed by atoms with E-state index in [2.05, 4.69) is 57.7 Å². The monoisotopic (exact) mass is 467 g/mol. The number of methoxy groups -OCH3 is 1. The molecule has 1 aliphatic rings. The molecule has 1 aliphatic heterocycles. The predicted octanol–water partition coefficient (Wildman–Crippen LogP) is 3.42. The molecular weight excluding hydrogens is 441 g/mol. The molecule has 0 amide bonds. The van der Waals surface area contributed by atoms with E-state index in [-0.39, 0.29) is 35.9 Å². The number of carbonyl (C=O) groups excluding carboxylic acids is 1. The molecule has 140 valence electrons. The van der Waals surface area contributed by atoms with E-state index >= 15 is 0 Å². The van der Waals surface area contributed by atoms with E-state index in [9.17, 15) is 4.79 Å². The number of hydrogen-bond donors (Lipinski definition) is 1. The number of piperidine rings is 1. The van der Waals surface area contributed by atoms with Crippen molar-refractivity contribution in [3.63, 3.8) is 0 Å². The van der Waals surface area contributed by atoms with Crippen molar-refractivity contribution in [3.05, 3.63) is 48.0 Å². The Hall–Kier alpha value is -1.83. The number of ether oxygens (including phenoxy) is 1. The third-order valence-electron chi connectivity index (χ3n) is 4.86. The van der Waals surface area contributed by atoms with Gasteiger partial charge >= 0.3 is 5.97 Å². The van der Waals surface area contributed by atoms with Gasteiger partial charge in [0.25, 0.3) is 0 Å². The van der Waals surface area contributed by atoms with Crippen LogP contribution in [-0.2, 0) is 16.1 Å². The van der Waals surface area contributed by atoms with Gasteiger partial charge in [0.2, 0.25) is 0 Å². The van der Waals surface area contributed by atoms with Gasteiger partial charge in [0.05, 0.1) is 13.0 Å². The highest BCUT2D eigenvalue weighted by Crippen LogP contribution is 2.20. The normalized spacial score (nSPS) is 15.5. The van der Waals surface area contributed by atoms with Crippen LogP contribution in [0, 0.1) is 5.92 Å². The van der Waals surface area contributed by atoms with Gasteiger partial charge in [-0.15, -0.1) is 24.0 Å². The van der Waals surface area contributed by atoms with Crippen molar-refractivity contribution in [2.75, 3.05) is 27.2 Å². The van der Waals surface area contributed by atoms with Gasteiger partial charge in [-0.1, -0.05) is 42.5 Å². The molecule has 1 N–H and O–H groups in total. The molecule has 3 rings (SSSR count). The maximum absolute atomic E-state index is 11.7. The quantitative estimate of drug-likeness (QED) is 0.326. The van der Waals surface area contributed by atoms with Gasteiger partial charge in [0.1, 0.15) is 0 Å². The number of rotatable bonds is 3. The summed E-state index contributed by atoms with van der Waals surface area (Å²) in [5.41, 5.74) is 1.25. The average Bonchev–Trinajstić information content (AvgIpc) is 2.68. The topological polar surface area (TPSA) is 53.9 Å². The first-order chi connectivity index (χ1) is 12.2. The number of aliphatic imine (C=N–C) groups is 1. The van der Waals surface area contributed by atoms with E-state index < -0.39 is 0 Å². The zero-order valence-electron chi connectivity index (χ0n) is 15.3. The number of nitrogens with one attached hydrogen (secondary N) is 1. The lowest BCUT2D eigenvalue weighted by Crippen LogP contribution is -2.46. The van der Waals surface area contributed by atoms with Crippen LogP contribution in [0.3, 0.4) is 0 Å². The van der Waals surface area contributed by atoms with Crippen LogP contribution < -0.4 is 5.32 Å². The molecule has 0 bridgehead atoms. The third-order valence-corrected chi connectivity index (χ3v) is 4.86. The first-order valence-electron chi connectivity index (χ1n) is 8.73. The second-order valence-electron chi connectivity index (χ2n) is 6.32. The molecule has 0 atom stereocenters. The van der Waals surface area contributed by atoms with Crippen molar-refractivity contribution in [1.29, 1.82) is 0 Å². The van der Waals surface area contributed by atoms with Gasteiger partial charge < -0.3 is 15.0 Å². The predicted molar refractivity (Wildman–Crippen MR) is 116 cm³/mol. The van der Waals surface area contributed by atoms with E-state index in [0.29, 0.717) is 0 Å². The molecule has 0 spiro atoms. The van der Waals surface area contributed by atoms with Gasteiger partial charge in [0.15, 0.2) is 5.96 Å². The Morgan fingerprint density at radius 3 is 2.58 bits per heavy atom. The van der Waals surface area contributed by atoms with Crippen LogP contribution in [0.2, 0.25) is 0 Å². The second kappa shape index (κ2) is 9.75. The molecule has 5 nitrogen and oxygen atoms in total. The van der Waals surface area contributed by atoms with Crippen LogP contribution in [0.15, 0.2) is 47.5 Å². The van der Waals surface area contributed by atoms with Crippen LogP contribution in [0.1, 0.15) is 18.4 Å². The largest absolute Gasteiger partial charge is 0.469 e. The molecule has 1 heterocycles. The van der Waals surface area contributed by atoms with Gasteiger partial charge in [-0.3, -0.25) is 9.79 Å². The molecule has 1 fully saturated rings. The summed E-state index contributed by atoms with van der Waals surface area (Å²) < 4.78 is 4.85. The van der Waals surface area contributed by atoms with Crippen LogP contribution in [0.4, 0.5) is 0 Å². The van der Waals surface area contributed by atoms with Gasteiger partial charge in [-0.2, -0.15) is 0 Å². The van der Waals surface area contributed by atoms with Crippen molar-refractivity contribution in [1.82, 2.24) is 10.2 Å². The molecule has 1 saturated heterocycles. The molecule has 2 aromatic carbocycles. The van der Waals surface area contributed by atoms with Crippen LogP contribution in [0.5, 0.6) is 0 Å². The lowest BCUT2D eigenvalue weighted by atomic mass is 9.97. The Kier molecular flexibility index (Phi) is 7.68. The number of nitrogens with zero attached hydrogens (tertiary/aromatic N) is 2. The Balaban J connectivity index is 0.00000243. The van der Waals surface area contributed by atoms with Crippen molar-refractivity contribution in [2.24, 2.45) is 10.9 Å². The number of esters is 1. The fraction of sp³-hybridized carbons (Fsp3) is 0.400. The van der Waals surface area contributed by atoms with Gasteiger partial charge in [-0.05, 0) is 29.2 Å². The Morgan fingerprint density at radius 2 is 1.88 bits per heavy atom. The molecule has 0 aliphatic carbocycles. The van der Waals surface area contributed by atoms with Crippen LogP contribution in [-0.4, -0.2) is 44.1 Å². The molecule has 6 heteroatoms. The number of hydrogen-bond acceptors (Lipinski definition) is 3. The van der Waals surface area contributed by atoms with E-state index in [4.69, 9.17) is 4.74 Å². The number of fused-ring (bicyclic) bond motifs is 1. The average molecular weight is 467 g/mol. The maximum atomic E-state index is 11.7. The summed E-state index contributed by atoms with van der Waals surface area (Å²) in [6.07, 6.45) is 1.61. The SMILES string of the molecule is CN=C(NCc1cccc2ccccc12)N1CCC(C(=O)OC)CC1.I. The minimum atomic E-state index is -0.0987. The number of likely N-dealkylation sites (tertiary alicyclic amines) is 1. The Morgan fingerprint density at radius 1 is 1.19 bits per heavy atom. The highest BCUT2D eigenvalue weighted by Gasteiger charge is 2.26. The number of guanidine groups is 1. The molecule has 0 aromatic heterocycles. The zero-order chi connectivity index (χ0) is 17.6. The summed E-state index contributed by atoms with van der Waals surface area (Å²) in [5.74, 6) is 0.798. The summed E-state index contributed by atoms with van der Waals surface area (Å²) in [5, 5.41) is 5.97. The highest BCUT2D eigenvalue weighted by molar-refractivity contribution is 14.0. The summed E-state index contributed by atoms with van der Waals surface area (Å²) in [4.78, 5) is 18.3. The highest BCUT2D eigenvalue weighted by atomic mass is 127. The second-order valence-corrected chi connectivity index (χ2v) is 6.32. The minimum Gasteiger partial charge on any atom is -0.469 e. The number of halogens is 1. The van der Waals surface area contributed by atoms with Crippen LogP contribution in [0.25, 0.3) is 10.8 Å². The minimum absolute atomic E-state index is 0. The van der Waals surface area contributed by atoms with Crippen molar-refractivity contribution < 1.29 is 9.53 Å². The van der Waals surface area contributed by atoms with Crippen LogP contribution >= 0.6 is 24.0 Å². The summed E-state index contributed by atoms with van der Waals surface area (Å²) >= 11 is 0.